The van der Waals surface area contributed by atoms with E-state index in [4.69, 9.17) is 34.0 Å². The van der Waals surface area contributed by atoms with E-state index < -0.39 is 34.0 Å². The van der Waals surface area contributed by atoms with Gasteiger partial charge in [0.15, 0.2) is 0 Å². The molecule has 4 N–H and O–H groups in total. The number of rotatable bonds is 7. The molecule has 82 valence electrons. The molecule has 0 aliphatic heterocycles. The van der Waals surface area contributed by atoms with Gasteiger partial charge in [-0.25, -0.2) is 0 Å². The monoisotopic (exact) mass is 218 g/mol. The molecular weight excluding hydrogens is 203 g/mol. The van der Waals surface area contributed by atoms with Gasteiger partial charge in [-0.3, -0.25) is 0 Å². The summed E-state index contributed by atoms with van der Waals surface area (Å²) in [6.45, 7) is -0.965. The third-order valence-corrected chi connectivity index (χ3v) is 4.40. The fourth-order valence-corrected chi connectivity index (χ4v) is 2.01. The van der Waals surface area contributed by atoms with Crippen molar-refractivity contribution in [2.24, 2.45) is 0 Å². The van der Waals surface area contributed by atoms with Crippen LogP contribution in [0.1, 0.15) is 0 Å². The first-order chi connectivity index (χ1) is 6.04. The van der Waals surface area contributed by atoms with Crippen LogP contribution in [0.4, 0.5) is 0 Å². The summed E-state index contributed by atoms with van der Waals surface area (Å²) in [6.07, 6.45) is -0.673. The van der Waals surface area contributed by atoms with Crippen molar-refractivity contribution >= 4 is 7.28 Å². The number of hydrogen-bond acceptors (Lipinski definition) is 7. The van der Waals surface area contributed by atoms with E-state index in [1.54, 1.807) is 0 Å². The van der Waals surface area contributed by atoms with E-state index >= 15 is 0 Å². The zero-order valence-corrected chi connectivity index (χ0v) is 8.18. The van der Waals surface area contributed by atoms with Gasteiger partial charge in [-0.05, 0) is 0 Å². The molecule has 8 heteroatoms. The summed E-state index contributed by atoms with van der Waals surface area (Å²) in [5.41, 5.74) is 0. The number of aliphatic hydroxyl groups is 4. The second-order valence-electron chi connectivity index (χ2n) is 2.39. The van der Waals surface area contributed by atoms with Crippen molar-refractivity contribution in [1.29, 1.82) is 0 Å². The number of aliphatic hydroxyl groups excluding tert-OH is 4. The van der Waals surface area contributed by atoms with Crippen LogP contribution >= 0.6 is 7.28 Å². The number of hydrogen-bond donors (Lipinski definition) is 4. The molecule has 0 spiro atoms. The maximum absolute atomic E-state index is 8.98. The molecule has 0 saturated carbocycles. The molecule has 0 aromatic heterocycles. The molecule has 0 aliphatic carbocycles. The van der Waals surface area contributed by atoms with Crippen LogP contribution < -0.4 is 0 Å². The second kappa shape index (κ2) is 5.14. The van der Waals surface area contributed by atoms with Gasteiger partial charge in [0.2, 0.25) is 0 Å². The Labute approximate surface area is 75.6 Å². The minimum absolute atomic E-state index is 0.673. The van der Waals surface area contributed by atoms with E-state index in [0.29, 0.717) is 0 Å². The molecule has 0 aliphatic rings. The first kappa shape index (κ1) is 13.2. The summed E-state index contributed by atoms with van der Waals surface area (Å²) < 4.78 is 14.2. The van der Waals surface area contributed by atoms with Gasteiger partial charge in [-0.15, -0.1) is 0 Å². The second-order valence-corrected chi connectivity index (χ2v) is 6.40. The third-order valence-electron chi connectivity index (χ3n) is 1.47. The van der Waals surface area contributed by atoms with Crippen LogP contribution in [0.15, 0.2) is 0 Å². The summed E-state index contributed by atoms with van der Waals surface area (Å²) >= 11 is 0. The zero-order valence-electron chi connectivity index (χ0n) is 7.29. The van der Waals surface area contributed by atoms with Crippen LogP contribution in [0.5, 0.6) is 0 Å². The summed E-state index contributed by atoms with van der Waals surface area (Å²) in [4.78, 5) is 0. The Hall–Kier alpha value is 0.150. The van der Waals surface area contributed by atoms with E-state index in [1.807, 2.05) is 0 Å². The van der Waals surface area contributed by atoms with Gasteiger partial charge in [0, 0.05) is 0 Å². The Morgan fingerprint density at radius 1 is 0.846 bits per heavy atom. The SMILES string of the molecule is CP(CO)(OCO)(OCO)OCO. The van der Waals surface area contributed by atoms with Crippen molar-refractivity contribution in [2.45, 2.75) is 0 Å². The Balaban J connectivity index is 4.58. The molecule has 0 saturated heterocycles. The Bertz CT molecular complexity index is 132. The van der Waals surface area contributed by atoms with Crippen LogP contribution in [-0.4, -0.2) is 53.8 Å². The predicted octanol–water partition coefficient (Wildman–Crippen LogP) is -1.24. The van der Waals surface area contributed by atoms with Crippen LogP contribution in [0.25, 0.3) is 0 Å². The van der Waals surface area contributed by atoms with Gasteiger partial charge in [0.1, 0.15) is 0 Å². The summed E-state index contributed by atoms with van der Waals surface area (Å²) in [7, 11) is -3.93. The van der Waals surface area contributed by atoms with Crippen LogP contribution in [-0.2, 0) is 13.6 Å². The Morgan fingerprint density at radius 2 is 1.15 bits per heavy atom. The fraction of sp³-hybridized carbons (Fsp3) is 1.00. The third kappa shape index (κ3) is 3.41. The zero-order chi connectivity index (χ0) is 10.4. The van der Waals surface area contributed by atoms with Crippen molar-refractivity contribution in [3.63, 3.8) is 0 Å². The quantitative estimate of drug-likeness (QED) is 0.312. The molecule has 0 atom stereocenters. The summed E-state index contributed by atoms with van der Waals surface area (Å²) in [6, 6.07) is 0. The normalized spacial score (nSPS) is 15.3. The van der Waals surface area contributed by atoms with Gasteiger partial charge in [0.05, 0.1) is 0 Å². The maximum atomic E-state index is 8.98. The van der Waals surface area contributed by atoms with Gasteiger partial charge in [-0.2, -0.15) is 0 Å². The molecule has 0 heterocycles. The summed E-state index contributed by atoms with van der Waals surface area (Å²) in [5.74, 6) is 0. The molecule has 0 rings (SSSR count). The van der Waals surface area contributed by atoms with Crippen molar-refractivity contribution in [2.75, 3.05) is 33.4 Å². The van der Waals surface area contributed by atoms with Gasteiger partial charge in [-0.1, -0.05) is 0 Å². The van der Waals surface area contributed by atoms with Crippen LogP contribution in [0, 0.1) is 0 Å². The molecular formula is C5H15O7P. The first-order valence-electron chi connectivity index (χ1n) is 3.44. The Kier molecular flexibility index (Phi) is 5.19. The molecule has 0 unspecified atom stereocenters. The average Bonchev–Trinajstić information content (AvgIpc) is 2.06. The average molecular weight is 218 g/mol. The van der Waals surface area contributed by atoms with Gasteiger partial charge in [0.25, 0.3) is 0 Å². The Morgan fingerprint density at radius 3 is 1.31 bits per heavy atom. The molecule has 0 aromatic rings. The molecule has 0 radical (unpaired) electrons. The molecule has 0 aromatic carbocycles. The van der Waals surface area contributed by atoms with E-state index in [1.165, 1.54) is 6.66 Å². The van der Waals surface area contributed by atoms with Crippen LogP contribution in [0.3, 0.4) is 0 Å². The molecule has 0 amide bonds. The van der Waals surface area contributed by atoms with Crippen molar-refractivity contribution in [3.05, 3.63) is 0 Å². The first-order valence-corrected chi connectivity index (χ1v) is 6.06. The van der Waals surface area contributed by atoms with Crippen molar-refractivity contribution in [3.8, 4) is 0 Å². The standard InChI is InChI=1S/C5H15O7P/c1-13(5-9,10-2-6,11-3-7)12-4-8/h6-9H,2-5H2,1H3. The molecule has 13 heavy (non-hydrogen) atoms. The van der Waals surface area contributed by atoms with Crippen LogP contribution in [0.2, 0.25) is 0 Å². The van der Waals surface area contributed by atoms with Crippen molar-refractivity contribution < 1.29 is 34.0 Å². The predicted molar refractivity (Wildman–Crippen MR) is 44.4 cm³/mol. The molecule has 0 fully saturated rings. The minimum atomic E-state index is -3.93. The summed E-state index contributed by atoms with van der Waals surface area (Å²) in [5, 5.41) is 34.6. The van der Waals surface area contributed by atoms with E-state index in [0.717, 1.165) is 0 Å². The van der Waals surface area contributed by atoms with Gasteiger partial charge < -0.3 is 0 Å². The van der Waals surface area contributed by atoms with E-state index in [9.17, 15) is 0 Å². The van der Waals surface area contributed by atoms with E-state index in [-0.39, 0.29) is 0 Å². The molecule has 0 bridgehead atoms. The molecule has 7 nitrogen and oxygen atoms in total. The topological polar surface area (TPSA) is 109 Å². The van der Waals surface area contributed by atoms with E-state index in [2.05, 4.69) is 0 Å². The fourth-order valence-electron chi connectivity index (χ4n) is 0.671. The van der Waals surface area contributed by atoms with Gasteiger partial charge >= 0.3 is 74.7 Å². The van der Waals surface area contributed by atoms with Crippen molar-refractivity contribution in [1.82, 2.24) is 0 Å².